The minimum Gasteiger partial charge on any atom is -0.497 e. The van der Waals surface area contributed by atoms with Gasteiger partial charge in [0.25, 0.3) is 5.91 Å². The van der Waals surface area contributed by atoms with Gasteiger partial charge in [-0.3, -0.25) is 4.79 Å². The second kappa shape index (κ2) is 6.35. The van der Waals surface area contributed by atoms with E-state index in [0.29, 0.717) is 17.1 Å². The second-order valence-electron chi connectivity index (χ2n) is 4.71. The monoisotopic (exact) mass is 289 g/mol. The van der Waals surface area contributed by atoms with E-state index in [1.807, 2.05) is 13.0 Å². The molecule has 1 aromatic heterocycles. The smallest absolute Gasteiger partial charge is 0.254 e. The molecule has 112 valence electrons. The summed E-state index contributed by atoms with van der Waals surface area (Å²) in [6, 6.07) is 8.60. The molecule has 0 N–H and O–H groups in total. The van der Waals surface area contributed by atoms with Crippen LogP contribution in [0.25, 0.3) is 0 Å². The van der Waals surface area contributed by atoms with Crippen LogP contribution in [-0.4, -0.2) is 32.1 Å². The lowest BCUT2D eigenvalue weighted by Gasteiger charge is -2.23. The number of carbonyl (C=O) groups is 1. The van der Waals surface area contributed by atoms with Crippen molar-refractivity contribution in [2.24, 2.45) is 0 Å². The fourth-order valence-corrected chi connectivity index (χ4v) is 2.03. The molecule has 0 fully saturated rings. The molecule has 0 saturated heterocycles. The Morgan fingerprint density at radius 2 is 1.81 bits per heavy atom. The molecule has 0 aliphatic carbocycles. The molecule has 1 aromatic carbocycles. The molecule has 5 nitrogen and oxygen atoms in total. The molecule has 0 saturated carbocycles. The van der Waals surface area contributed by atoms with E-state index < -0.39 is 0 Å². The van der Waals surface area contributed by atoms with Gasteiger partial charge < -0.3 is 18.8 Å². The van der Waals surface area contributed by atoms with Crippen LogP contribution in [0.5, 0.6) is 11.5 Å². The lowest BCUT2D eigenvalue weighted by molar-refractivity contribution is 0.0725. The van der Waals surface area contributed by atoms with Crippen molar-refractivity contribution in [2.75, 3.05) is 21.3 Å². The van der Waals surface area contributed by atoms with E-state index >= 15 is 0 Å². The zero-order chi connectivity index (χ0) is 15.4. The molecule has 0 aliphatic rings. The summed E-state index contributed by atoms with van der Waals surface area (Å²) < 4.78 is 15.7. The number of hydrogen-bond acceptors (Lipinski definition) is 4. The van der Waals surface area contributed by atoms with E-state index in [9.17, 15) is 4.79 Å². The van der Waals surface area contributed by atoms with Gasteiger partial charge in [0.2, 0.25) is 0 Å². The summed E-state index contributed by atoms with van der Waals surface area (Å²) in [7, 11) is 4.85. The average molecular weight is 289 g/mol. The molecule has 0 bridgehead atoms. The number of furan rings is 1. The highest BCUT2D eigenvalue weighted by molar-refractivity contribution is 5.95. The largest absolute Gasteiger partial charge is 0.497 e. The van der Waals surface area contributed by atoms with Crippen LogP contribution in [0.3, 0.4) is 0 Å². The molecule has 5 heteroatoms. The molecule has 0 radical (unpaired) electrons. The number of methoxy groups -OCH3 is 2. The van der Waals surface area contributed by atoms with Crippen molar-refractivity contribution in [2.45, 2.75) is 13.0 Å². The fourth-order valence-electron chi connectivity index (χ4n) is 2.03. The number of ether oxygens (including phenoxy) is 2. The highest BCUT2D eigenvalue weighted by Gasteiger charge is 2.21. The van der Waals surface area contributed by atoms with Crippen LogP contribution in [0.1, 0.15) is 29.1 Å². The topological polar surface area (TPSA) is 51.9 Å². The van der Waals surface area contributed by atoms with E-state index in [4.69, 9.17) is 13.9 Å². The third-order valence-corrected chi connectivity index (χ3v) is 3.45. The normalized spacial score (nSPS) is 11.8. The summed E-state index contributed by atoms with van der Waals surface area (Å²) in [6.45, 7) is 1.91. The van der Waals surface area contributed by atoms with Crippen LogP contribution in [0, 0.1) is 0 Å². The summed E-state index contributed by atoms with van der Waals surface area (Å²) in [5, 5.41) is 0. The molecular formula is C16H19NO4. The third kappa shape index (κ3) is 3.18. The molecule has 2 aromatic rings. The van der Waals surface area contributed by atoms with E-state index in [-0.39, 0.29) is 11.9 Å². The Labute approximate surface area is 124 Å². The first-order chi connectivity index (χ1) is 10.1. The molecule has 1 amide bonds. The first kappa shape index (κ1) is 15.0. The number of carbonyl (C=O) groups excluding carboxylic acids is 1. The van der Waals surface area contributed by atoms with Gasteiger partial charge in [0, 0.05) is 18.7 Å². The van der Waals surface area contributed by atoms with Crippen molar-refractivity contribution in [1.82, 2.24) is 4.90 Å². The van der Waals surface area contributed by atoms with Crippen molar-refractivity contribution in [3.05, 3.63) is 47.9 Å². The summed E-state index contributed by atoms with van der Waals surface area (Å²) >= 11 is 0. The van der Waals surface area contributed by atoms with Crippen molar-refractivity contribution in [3.8, 4) is 11.5 Å². The van der Waals surface area contributed by atoms with E-state index in [1.165, 1.54) is 0 Å². The van der Waals surface area contributed by atoms with Gasteiger partial charge in [0.15, 0.2) is 0 Å². The van der Waals surface area contributed by atoms with Gasteiger partial charge in [0.05, 0.1) is 26.5 Å². The van der Waals surface area contributed by atoms with Crippen molar-refractivity contribution < 1.29 is 18.7 Å². The highest BCUT2D eigenvalue weighted by Crippen LogP contribution is 2.26. The Kier molecular flexibility index (Phi) is 4.52. The summed E-state index contributed by atoms with van der Waals surface area (Å²) in [4.78, 5) is 14.2. The number of hydrogen-bond donors (Lipinski definition) is 0. The Hall–Kier alpha value is -2.43. The van der Waals surface area contributed by atoms with Gasteiger partial charge in [-0.15, -0.1) is 0 Å². The fraction of sp³-hybridized carbons (Fsp3) is 0.312. The molecule has 1 atom stereocenters. The lowest BCUT2D eigenvalue weighted by atomic mass is 10.1. The predicted octanol–water partition coefficient (Wildman–Crippen LogP) is 3.13. The zero-order valence-corrected chi connectivity index (χ0v) is 12.6. The minimum absolute atomic E-state index is 0.129. The van der Waals surface area contributed by atoms with Crippen LogP contribution in [0.4, 0.5) is 0 Å². The Morgan fingerprint density at radius 1 is 1.19 bits per heavy atom. The van der Waals surface area contributed by atoms with E-state index in [1.54, 1.807) is 56.7 Å². The number of benzene rings is 1. The van der Waals surface area contributed by atoms with E-state index in [0.717, 1.165) is 5.76 Å². The summed E-state index contributed by atoms with van der Waals surface area (Å²) in [5.74, 6) is 1.77. The molecule has 1 heterocycles. The summed E-state index contributed by atoms with van der Waals surface area (Å²) in [6.07, 6.45) is 1.60. The minimum atomic E-state index is -0.162. The maximum Gasteiger partial charge on any atom is 0.254 e. The van der Waals surface area contributed by atoms with Gasteiger partial charge in [-0.25, -0.2) is 0 Å². The van der Waals surface area contributed by atoms with Crippen LogP contribution < -0.4 is 9.47 Å². The SMILES string of the molecule is COc1cc(OC)cc(C(=O)N(C)C(C)c2ccco2)c1. The predicted molar refractivity (Wildman–Crippen MR) is 78.8 cm³/mol. The maximum absolute atomic E-state index is 12.6. The van der Waals surface area contributed by atoms with Crippen LogP contribution in [0.15, 0.2) is 41.0 Å². The van der Waals surface area contributed by atoms with Gasteiger partial charge in [-0.2, -0.15) is 0 Å². The number of rotatable bonds is 5. The third-order valence-electron chi connectivity index (χ3n) is 3.45. The Balaban J connectivity index is 2.26. The van der Waals surface area contributed by atoms with E-state index in [2.05, 4.69) is 0 Å². The van der Waals surface area contributed by atoms with Crippen LogP contribution in [-0.2, 0) is 0 Å². The summed E-state index contributed by atoms with van der Waals surface area (Å²) in [5.41, 5.74) is 0.507. The molecule has 1 unspecified atom stereocenters. The first-order valence-electron chi connectivity index (χ1n) is 6.60. The molecular weight excluding hydrogens is 270 g/mol. The molecule has 2 rings (SSSR count). The number of amides is 1. The van der Waals surface area contributed by atoms with Gasteiger partial charge >= 0.3 is 0 Å². The van der Waals surface area contributed by atoms with Gasteiger partial charge in [-0.05, 0) is 31.2 Å². The van der Waals surface area contributed by atoms with Crippen LogP contribution >= 0.6 is 0 Å². The Bertz CT molecular complexity index is 584. The molecule has 21 heavy (non-hydrogen) atoms. The zero-order valence-electron chi connectivity index (χ0n) is 12.6. The van der Waals surface area contributed by atoms with Gasteiger partial charge in [0.1, 0.15) is 17.3 Å². The van der Waals surface area contributed by atoms with Crippen LogP contribution in [0.2, 0.25) is 0 Å². The quantitative estimate of drug-likeness (QED) is 0.848. The van der Waals surface area contributed by atoms with Crippen molar-refractivity contribution >= 4 is 5.91 Å². The van der Waals surface area contributed by atoms with Crippen molar-refractivity contribution in [3.63, 3.8) is 0 Å². The molecule has 0 spiro atoms. The molecule has 0 aliphatic heterocycles. The van der Waals surface area contributed by atoms with Crippen molar-refractivity contribution in [1.29, 1.82) is 0 Å². The number of nitrogens with zero attached hydrogens (tertiary/aromatic N) is 1. The second-order valence-corrected chi connectivity index (χ2v) is 4.71. The van der Waals surface area contributed by atoms with Gasteiger partial charge in [-0.1, -0.05) is 0 Å². The lowest BCUT2D eigenvalue weighted by Crippen LogP contribution is -2.29. The maximum atomic E-state index is 12.6. The standard InChI is InChI=1S/C16H19NO4/c1-11(15-6-5-7-21-15)17(2)16(18)12-8-13(19-3)10-14(9-12)20-4/h5-11H,1-4H3. The Morgan fingerprint density at radius 3 is 2.29 bits per heavy atom. The first-order valence-corrected chi connectivity index (χ1v) is 6.60. The highest BCUT2D eigenvalue weighted by atomic mass is 16.5. The average Bonchev–Trinajstić information content (AvgIpc) is 3.06.